The summed E-state index contributed by atoms with van der Waals surface area (Å²) in [5, 5.41) is 11.6. The minimum absolute atomic E-state index is 0.267. The van der Waals surface area contributed by atoms with Crippen molar-refractivity contribution >= 4 is 5.95 Å². The second-order valence-electron chi connectivity index (χ2n) is 2.52. The summed E-state index contributed by atoms with van der Waals surface area (Å²) >= 11 is 0. The first-order valence-corrected chi connectivity index (χ1v) is 3.76. The predicted molar refractivity (Wildman–Crippen MR) is 45.6 cm³/mol. The SMILES string of the molecule is Nc1ncn(Cc2cccnn2)n1. The number of anilines is 1. The Bertz CT molecular complexity index is 381. The predicted octanol–water partition coefficient (Wildman–Crippen LogP) is -0.301. The fourth-order valence-electron chi connectivity index (χ4n) is 0.969. The maximum Gasteiger partial charge on any atom is 0.239 e. The molecule has 66 valence electrons. The van der Waals surface area contributed by atoms with Crippen molar-refractivity contribution in [1.29, 1.82) is 0 Å². The Hall–Kier alpha value is -1.98. The van der Waals surface area contributed by atoms with Crippen molar-refractivity contribution in [2.24, 2.45) is 0 Å². The molecule has 0 atom stereocenters. The van der Waals surface area contributed by atoms with Gasteiger partial charge >= 0.3 is 0 Å². The number of hydrogen-bond acceptors (Lipinski definition) is 5. The first-order chi connectivity index (χ1) is 6.34. The number of nitrogens with zero attached hydrogens (tertiary/aromatic N) is 5. The third kappa shape index (κ3) is 1.78. The molecule has 0 unspecified atom stereocenters. The Balaban J connectivity index is 2.15. The third-order valence-corrected chi connectivity index (χ3v) is 1.51. The van der Waals surface area contributed by atoms with Crippen molar-refractivity contribution in [3.63, 3.8) is 0 Å². The van der Waals surface area contributed by atoms with Gasteiger partial charge in [0.05, 0.1) is 12.2 Å². The maximum atomic E-state index is 5.35. The molecule has 0 fully saturated rings. The van der Waals surface area contributed by atoms with Gasteiger partial charge in [0.1, 0.15) is 6.33 Å². The zero-order valence-electron chi connectivity index (χ0n) is 6.83. The normalized spacial score (nSPS) is 10.2. The first-order valence-electron chi connectivity index (χ1n) is 3.76. The van der Waals surface area contributed by atoms with E-state index in [2.05, 4.69) is 20.3 Å². The van der Waals surface area contributed by atoms with Crippen LogP contribution in [-0.2, 0) is 6.54 Å². The summed E-state index contributed by atoms with van der Waals surface area (Å²) in [6, 6.07) is 3.69. The van der Waals surface area contributed by atoms with E-state index in [4.69, 9.17) is 5.73 Å². The lowest BCUT2D eigenvalue weighted by Gasteiger charge is -1.96. The van der Waals surface area contributed by atoms with Gasteiger partial charge in [0.15, 0.2) is 0 Å². The van der Waals surface area contributed by atoms with Crippen molar-refractivity contribution in [2.75, 3.05) is 5.73 Å². The van der Waals surface area contributed by atoms with Gasteiger partial charge in [-0.15, -0.1) is 5.10 Å². The monoisotopic (exact) mass is 176 g/mol. The average molecular weight is 176 g/mol. The van der Waals surface area contributed by atoms with Gasteiger partial charge < -0.3 is 5.73 Å². The zero-order valence-corrected chi connectivity index (χ0v) is 6.83. The summed E-state index contributed by atoms with van der Waals surface area (Å²) in [7, 11) is 0. The molecule has 2 heterocycles. The standard InChI is InChI=1S/C7H8N6/c8-7-9-5-13(12-7)4-6-2-1-3-10-11-6/h1-3,5H,4H2,(H2,8,12). The van der Waals surface area contributed by atoms with Crippen LogP contribution in [0.3, 0.4) is 0 Å². The van der Waals surface area contributed by atoms with Crippen LogP contribution >= 0.6 is 0 Å². The van der Waals surface area contributed by atoms with Crippen LogP contribution in [0.15, 0.2) is 24.7 Å². The number of hydrogen-bond donors (Lipinski definition) is 1. The molecule has 0 saturated heterocycles. The zero-order chi connectivity index (χ0) is 9.10. The van der Waals surface area contributed by atoms with Crippen LogP contribution in [0, 0.1) is 0 Å². The summed E-state index contributed by atoms with van der Waals surface area (Å²) < 4.78 is 1.61. The molecule has 2 rings (SSSR count). The molecule has 2 aromatic rings. The minimum atomic E-state index is 0.267. The molecule has 6 heteroatoms. The molecule has 13 heavy (non-hydrogen) atoms. The highest BCUT2D eigenvalue weighted by Crippen LogP contribution is 1.96. The van der Waals surface area contributed by atoms with Gasteiger partial charge in [-0.25, -0.2) is 9.67 Å². The molecule has 0 saturated carbocycles. The molecule has 0 aliphatic heterocycles. The van der Waals surface area contributed by atoms with Crippen LogP contribution in [0.1, 0.15) is 5.69 Å². The molecular formula is C7H8N6. The van der Waals surface area contributed by atoms with Gasteiger partial charge in [0.2, 0.25) is 5.95 Å². The van der Waals surface area contributed by atoms with Gasteiger partial charge in [-0.3, -0.25) is 0 Å². The second-order valence-corrected chi connectivity index (χ2v) is 2.52. The van der Waals surface area contributed by atoms with Crippen molar-refractivity contribution in [2.45, 2.75) is 6.54 Å². The molecule has 0 aromatic carbocycles. The van der Waals surface area contributed by atoms with E-state index in [1.165, 1.54) is 0 Å². The van der Waals surface area contributed by atoms with E-state index < -0.39 is 0 Å². The van der Waals surface area contributed by atoms with E-state index in [0.29, 0.717) is 6.54 Å². The Morgan fingerprint density at radius 2 is 2.38 bits per heavy atom. The number of nitrogen functional groups attached to an aromatic ring is 1. The average Bonchev–Trinajstić information content (AvgIpc) is 2.53. The van der Waals surface area contributed by atoms with Gasteiger partial charge in [0, 0.05) is 6.20 Å². The Morgan fingerprint density at radius 3 is 3.00 bits per heavy atom. The summed E-state index contributed by atoms with van der Waals surface area (Å²) in [5.41, 5.74) is 6.18. The van der Waals surface area contributed by atoms with E-state index in [1.807, 2.05) is 12.1 Å². The largest absolute Gasteiger partial charge is 0.367 e. The molecule has 0 radical (unpaired) electrons. The number of nitrogens with two attached hydrogens (primary N) is 1. The van der Waals surface area contributed by atoms with E-state index in [-0.39, 0.29) is 5.95 Å². The minimum Gasteiger partial charge on any atom is -0.367 e. The van der Waals surface area contributed by atoms with E-state index >= 15 is 0 Å². The molecule has 6 nitrogen and oxygen atoms in total. The highest BCUT2D eigenvalue weighted by molar-refractivity contribution is 5.10. The fourth-order valence-corrected chi connectivity index (χ4v) is 0.969. The van der Waals surface area contributed by atoms with Crippen LogP contribution < -0.4 is 5.73 Å². The van der Waals surface area contributed by atoms with Gasteiger partial charge in [0.25, 0.3) is 0 Å². The lowest BCUT2D eigenvalue weighted by Crippen LogP contribution is -2.03. The summed E-state index contributed by atoms with van der Waals surface area (Å²) in [6.45, 7) is 0.540. The van der Waals surface area contributed by atoms with Crippen LogP contribution in [0.25, 0.3) is 0 Å². The number of aromatic nitrogens is 5. The van der Waals surface area contributed by atoms with E-state index in [9.17, 15) is 0 Å². The van der Waals surface area contributed by atoms with Crippen molar-refractivity contribution in [1.82, 2.24) is 25.0 Å². The lowest BCUT2D eigenvalue weighted by atomic mass is 10.4. The quantitative estimate of drug-likeness (QED) is 0.679. The molecular weight excluding hydrogens is 168 g/mol. The summed E-state index contributed by atoms with van der Waals surface area (Å²) in [6.07, 6.45) is 3.18. The summed E-state index contributed by atoms with van der Waals surface area (Å²) in [5.74, 6) is 0.267. The number of rotatable bonds is 2. The maximum absolute atomic E-state index is 5.35. The topological polar surface area (TPSA) is 82.5 Å². The van der Waals surface area contributed by atoms with Crippen LogP contribution in [0.4, 0.5) is 5.95 Å². The Morgan fingerprint density at radius 1 is 1.46 bits per heavy atom. The molecule has 2 N–H and O–H groups in total. The smallest absolute Gasteiger partial charge is 0.239 e. The molecule has 2 aromatic heterocycles. The highest BCUT2D eigenvalue weighted by Gasteiger charge is 1.98. The molecule has 0 amide bonds. The Labute approximate surface area is 74.4 Å². The van der Waals surface area contributed by atoms with Crippen LogP contribution in [0.5, 0.6) is 0 Å². The van der Waals surface area contributed by atoms with Crippen molar-refractivity contribution in [3.05, 3.63) is 30.4 Å². The highest BCUT2D eigenvalue weighted by atomic mass is 15.4. The van der Waals surface area contributed by atoms with Crippen molar-refractivity contribution < 1.29 is 0 Å². The van der Waals surface area contributed by atoms with Gasteiger partial charge in [-0.1, -0.05) is 0 Å². The van der Waals surface area contributed by atoms with E-state index in [0.717, 1.165) is 5.69 Å². The second kappa shape index (κ2) is 3.18. The molecule has 0 bridgehead atoms. The van der Waals surface area contributed by atoms with Crippen molar-refractivity contribution in [3.8, 4) is 0 Å². The van der Waals surface area contributed by atoms with Crippen LogP contribution in [0.2, 0.25) is 0 Å². The third-order valence-electron chi connectivity index (χ3n) is 1.51. The van der Waals surface area contributed by atoms with Gasteiger partial charge in [-0.05, 0) is 12.1 Å². The first kappa shape index (κ1) is 7.66. The van der Waals surface area contributed by atoms with Gasteiger partial charge in [-0.2, -0.15) is 10.2 Å². The molecule has 0 spiro atoms. The van der Waals surface area contributed by atoms with E-state index in [1.54, 1.807) is 17.2 Å². The van der Waals surface area contributed by atoms with Crippen LogP contribution in [-0.4, -0.2) is 25.0 Å². The Kier molecular flexibility index (Phi) is 1.87. The lowest BCUT2D eigenvalue weighted by molar-refractivity contribution is 0.663. The molecule has 0 aliphatic rings. The fraction of sp³-hybridized carbons (Fsp3) is 0.143. The molecule has 0 aliphatic carbocycles. The summed E-state index contributed by atoms with van der Waals surface area (Å²) in [4.78, 5) is 3.79.